The van der Waals surface area contributed by atoms with Crippen LogP contribution in [0.2, 0.25) is 5.02 Å². The molecule has 0 atom stereocenters. The van der Waals surface area contributed by atoms with Crippen molar-refractivity contribution in [1.29, 1.82) is 0 Å². The molecule has 0 aromatic heterocycles. The molecule has 0 fully saturated rings. The molecule has 2 aromatic carbocycles. The van der Waals surface area contributed by atoms with E-state index in [1.54, 1.807) is 6.07 Å². The van der Waals surface area contributed by atoms with E-state index < -0.39 is 0 Å². The first-order chi connectivity index (χ1) is 11.1. The van der Waals surface area contributed by atoms with E-state index in [0.29, 0.717) is 30.3 Å². The number of nitrogens with one attached hydrogen (secondary N) is 2. The molecule has 0 heterocycles. The number of amides is 1. The zero-order valence-electron chi connectivity index (χ0n) is 13.4. The molecule has 0 aliphatic heterocycles. The Kier molecular flexibility index (Phi) is 6.29. The molecule has 2 rings (SSSR count). The monoisotopic (exact) mass is 332 g/mol. The molecule has 122 valence electrons. The fourth-order valence-corrected chi connectivity index (χ4v) is 2.28. The molecule has 0 aliphatic carbocycles. The van der Waals surface area contributed by atoms with E-state index >= 15 is 0 Å². The van der Waals surface area contributed by atoms with Crippen LogP contribution in [-0.4, -0.2) is 19.1 Å². The lowest BCUT2D eigenvalue weighted by molar-refractivity contribution is -0.115. The number of para-hydroxylation sites is 2. The molecule has 0 aliphatic rings. The summed E-state index contributed by atoms with van der Waals surface area (Å²) in [5, 5.41) is 6.71. The van der Waals surface area contributed by atoms with E-state index in [1.807, 2.05) is 50.2 Å². The average molecular weight is 333 g/mol. The van der Waals surface area contributed by atoms with Crippen molar-refractivity contribution in [3.8, 4) is 5.75 Å². The number of aryl methyl sites for hydroxylation is 1. The summed E-state index contributed by atoms with van der Waals surface area (Å²) in [5.74, 6) is 0.729. The molecule has 0 saturated heterocycles. The van der Waals surface area contributed by atoms with Gasteiger partial charge in [-0.15, -0.1) is 0 Å². The Labute approximate surface area is 141 Å². The molecule has 0 saturated carbocycles. The number of hydrogen-bond acceptors (Lipinski definition) is 3. The zero-order valence-corrected chi connectivity index (χ0v) is 14.1. The van der Waals surface area contributed by atoms with E-state index in [0.717, 1.165) is 17.0 Å². The molecular formula is C18H21ClN2O2. The lowest BCUT2D eigenvalue weighted by atomic mass is 10.2. The van der Waals surface area contributed by atoms with Gasteiger partial charge in [0.05, 0.1) is 12.3 Å². The summed E-state index contributed by atoms with van der Waals surface area (Å²) in [4.78, 5) is 12.0. The third kappa shape index (κ3) is 5.18. The van der Waals surface area contributed by atoms with Gasteiger partial charge in [-0.05, 0) is 43.7 Å². The Morgan fingerprint density at radius 3 is 2.74 bits per heavy atom. The van der Waals surface area contributed by atoms with E-state index in [4.69, 9.17) is 16.3 Å². The SMILES string of the molecule is CCOc1ccccc1NCCC(=O)Nc1ccc(C)c(Cl)c1. The Bertz CT molecular complexity index is 674. The van der Waals surface area contributed by atoms with Crippen LogP contribution in [0.25, 0.3) is 0 Å². The molecule has 1 amide bonds. The minimum Gasteiger partial charge on any atom is -0.492 e. The minimum absolute atomic E-state index is 0.0636. The zero-order chi connectivity index (χ0) is 16.7. The number of hydrogen-bond donors (Lipinski definition) is 2. The topological polar surface area (TPSA) is 50.4 Å². The van der Waals surface area contributed by atoms with Gasteiger partial charge in [0, 0.05) is 23.7 Å². The third-order valence-electron chi connectivity index (χ3n) is 3.31. The fraction of sp³-hybridized carbons (Fsp3) is 0.278. The number of carbonyl (C=O) groups is 1. The second-order valence-electron chi connectivity index (χ2n) is 5.12. The van der Waals surface area contributed by atoms with Gasteiger partial charge in [0.1, 0.15) is 5.75 Å². The average Bonchev–Trinajstić information content (AvgIpc) is 2.53. The van der Waals surface area contributed by atoms with Crippen LogP contribution in [0.5, 0.6) is 5.75 Å². The highest BCUT2D eigenvalue weighted by Crippen LogP contribution is 2.23. The molecule has 0 unspecified atom stereocenters. The molecule has 23 heavy (non-hydrogen) atoms. The van der Waals surface area contributed by atoms with Crippen LogP contribution in [0.3, 0.4) is 0 Å². The summed E-state index contributed by atoms with van der Waals surface area (Å²) >= 11 is 6.05. The first-order valence-corrected chi connectivity index (χ1v) is 7.99. The van der Waals surface area contributed by atoms with Crippen molar-refractivity contribution in [2.45, 2.75) is 20.3 Å². The normalized spacial score (nSPS) is 10.2. The maximum Gasteiger partial charge on any atom is 0.226 e. The van der Waals surface area contributed by atoms with Crippen molar-refractivity contribution in [3.63, 3.8) is 0 Å². The van der Waals surface area contributed by atoms with E-state index in [-0.39, 0.29) is 5.91 Å². The number of halogens is 1. The predicted octanol–water partition coefficient (Wildman–Crippen LogP) is 4.49. The molecule has 0 bridgehead atoms. The predicted molar refractivity (Wildman–Crippen MR) is 95.5 cm³/mol. The summed E-state index contributed by atoms with van der Waals surface area (Å²) in [5.41, 5.74) is 2.58. The third-order valence-corrected chi connectivity index (χ3v) is 3.72. The number of rotatable bonds is 7. The van der Waals surface area contributed by atoms with Crippen LogP contribution in [0.4, 0.5) is 11.4 Å². The van der Waals surface area contributed by atoms with Gasteiger partial charge in [-0.3, -0.25) is 4.79 Å². The van der Waals surface area contributed by atoms with Crippen LogP contribution in [0.15, 0.2) is 42.5 Å². The highest BCUT2D eigenvalue weighted by Gasteiger charge is 2.06. The lowest BCUT2D eigenvalue weighted by Crippen LogP contribution is -2.16. The summed E-state index contributed by atoms with van der Waals surface area (Å²) in [6.07, 6.45) is 0.353. The number of carbonyl (C=O) groups excluding carboxylic acids is 1. The van der Waals surface area contributed by atoms with Gasteiger partial charge in [0.2, 0.25) is 5.91 Å². The minimum atomic E-state index is -0.0636. The van der Waals surface area contributed by atoms with Crippen molar-refractivity contribution in [1.82, 2.24) is 0 Å². The maximum absolute atomic E-state index is 12.0. The molecule has 2 N–H and O–H groups in total. The summed E-state index contributed by atoms with van der Waals surface area (Å²) in [7, 11) is 0. The number of anilines is 2. The van der Waals surface area contributed by atoms with Gasteiger partial charge in [-0.25, -0.2) is 0 Å². The number of benzene rings is 2. The van der Waals surface area contributed by atoms with Crippen LogP contribution in [0, 0.1) is 6.92 Å². The molecule has 4 nitrogen and oxygen atoms in total. The first kappa shape index (κ1) is 17.2. The summed E-state index contributed by atoms with van der Waals surface area (Å²) in [6.45, 7) is 4.99. The van der Waals surface area contributed by atoms with Gasteiger partial charge in [-0.2, -0.15) is 0 Å². The molecule has 0 radical (unpaired) electrons. The van der Waals surface area contributed by atoms with Crippen LogP contribution in [0.1, 0.15) is 18.9 Å². The van der Waals surface area contributed by atoms with Crippen LogP contribution >= 0.6 is 11.6 Å². The fourth-order valence-electron chi connectivity index (χ4n) is 2.10. The molecule has 2 aromatic rings. The van der Waals surface area contributed by atoms with Gasteiger partial charge >= 0.3 is 0 Å². The van der Waals surface area contributed by atoms with Crippen molar-refractivity contribution >= 4 is 28.9 Å². The van der Waals surface area contributed by atoms with Crippen molar-refractivity contribution in [3.05, 3.63) is 53.1 Å². The molecular weight excluding hydrogens is 312 g/mol. The van der Waals surface area contributed by atoms with Gasteiger partial charge in [0.15, 0.2) is 0 Å². The van der Waals surface area contributed by atoms with Gasteiger partial charge in [0.25, 0.3) is 0 Å². The Hall–Kier alpha value is -2.20. The molecule has 0 spiro atoms. The largest absolute Gasteiger partial charge is 0.492 e. The second-order valence-corrected chi connectivity index (χ2v) is 5.53. The van der Waals surface area contributed by atoms with Crippen LogP contribution in [-0.2, 0) is 4.79 Å². The quantitative estimate of drug-likeness (QED) is 0.785. The first-order valence-electron chi connectivity index (χ1n) is 7.62. The van der Waals surface area contributed by atoms with E-state index in [2.05, 4.69) is 10.6 Å². The smallest absolute Gasteiger partial charge is 0.226 e. The Morgan fingerprint density at radius 2 is 2.00 bits per heavy atom. The van der Waals surface area contributed by atoms with Crippen molar-refractivity contribution in [2.75, 3.05) is 23.8 Å². The van der Waals surface area contributed by atoms with Crippen molar-refractivity contribution < 1.29 is 9.53 Å². The van der Waals surface area contributed by atoms with Crippen LogP contribution < -0.4 is 15.4 Å². The molecule has 5 heteroatoms. The summed E-state index contributed by atoms with van der Waals surface area (Å²) < 4.78 is 5.54. The highest BCUT2D eigenvalue weighted by molar-refractivity contribution is 6.31. The van der Waals surface area contributed by atoms with E-state index in [1.165, 1.54) is 0 Å². The summed E-state index contributed by atoms with van der Waals surface area (Å²) in [6, 6.07) is 13.2. The Balaban J connectivity index is 1.84. The number of ether oxygens (including phenoxy) is 1. The van der Waals surface area contributed by atoms with Gasteiger partial charge in [-0.1, -0.05) is 29.8 Å². The lowest BCUT2D eigenvalue weighted by Gasteiger charge is -2.12. The standard InChI is InChI=1S/C18H21ClN2O2/c1-3-23-17-7-5-4-6-16(17)20-11-10-18(22)21-14-9-8-13(2)15(19)12-14/h4-9,12,20H,3,10-11H2,1-2H3,(H,21,22). The van der Waals surface area contributed by atoms with Gasteiger partial charge < -0.3 is 15.4 Å². The van der Waals surface area contributed by atoms with E-state index in [9.17, 15) is 4.79 Å². The van der Waals surface area contributed by atoms with Crippen molar-refractivity contribution in [2.24, 2.45) is 0 Å². The second kappa shape index (κ2) is 8.44. The highest BCUT2D eigenvalue weighted by atomic mass is 35.5. The maximum atomic E-state index is 12.0. The Morgan fingerprint density at radius 1 is 1.22 bits per heavy atom.